The summed E-state index contributed by atoms with van der Waals surface area (Å²) in [6.07, 6.45) is 4.34. The number of hydrogen-bond acceptors (Lipinski definition) is 5. The standard InChI is InChI=1S/C30H36F4O5/c1-14(4-7-24(38)39-28-26(33)20(31)13-21(32)27(28)34)17-5-6-18-25-19(12-23(37)30(17,18)3)29(2)9-8-16(35)10-15(29)11-22(25)36/h10,13-14,17-19,22-23,25,36-37H,4-9,11-12H2,1-3H3/t14?,17?,18?,19?,22-,23+,25?,29+,30-/m1/s1. The number of ether oxygens (including phenoxy) is 1. The minimum absolute atomic E-state index is 0.00950. The normalized spacial score (nSPS) is 38.4. The SMILES string of the molecule is CC(CCC(=O)Oc1c(F)c(F)cc(F)c1F)C1CCC2C3C(C[C@H](O)[C@]12C)[C@@]1(C)CCC(=O)C=C1C[C@H]3O. The van der Waals surface area contributed by atoms with Gasteiger partial charge in [0, 0.05) is 18.9 Å². The molecule has 3 fully saturated rings. The molecule has 9 atom stereocenters. The average molecular weight is 553 g/mol. The van der Waals surface area contributed by atoms with Gasteiger partial charge in [0.2, 0.25) is 17.4 Å². The number of carbonyl (C=O) groups is 2. The molecule has 0 bridgehead atoms. The molecule has 0 saturated heterocycles. The van der Waals surface area contributed by atoms with E-state index in [0.29, 0.717) is 25.7 Å². The number of hydrogen-bond donors (Lipinski definition) is 2. The maximum atomic E-state index is 13.9. The second-order valence-corrected chi connectivity index (χ2v) is 12.7. The summed E-state index contributed by atoms with van der Waals surface area (Å²) < 4.78 is 59.5. The van der Waals surface area contributed by atoms with Crippen molar-refractivity contribution in [2.75, 3.05) is 0 Å². The molecule has 5 rings (SSSR count). The zero-order chi connectivity index (χ0) is 28.4. The van der Waals surface area contributed by atoms with Gasteiger partial charge in [-0.05, 0) is 85.0 Å². The molecule has 1 aromatic rings. The van der Waals surface area contributed by atoms with Gasteiger partial charge in [0.25, 0.3) is 0 Å². The third-order valence-corrected chi connectivity index (χ3v) is 10.9. The number of benzene rings is 1. The van der Waals surface area contributed by atoms with E-state index in [1.54, 1.807) is 6.08 Å². The van der Waals surface area contributed by atoms with Gasteiger partial charge in [0.05, 0.1) is 12.2 Å². The third-order valence-electron chi connectivity index (χ3n) is 10.9. The highest BCUT2D eigenvalue weighted by Crippen LogP contribution is 2.67. The van der Waals surface area contributed by atoms with Crippen LogP contribution in [-0.4, -0.2) is 34.2 Å². The van der Waals surface area contributed by atoms with Crippen LogP contribution in [0.2, 0.25) is 0 Å². The van der Waals surface area contributed by atoms with Crippen LogP contribution in [0, 0.1) is 63.7 Å². The van der Waals surface area contributed by atoms with Crippen molar-refractivity contribution in [3.8, 4) is 5.75 Å². The summed E-state index contributed by atoms with van der Waals surface area (Å²) in [5, 5.41) is 22.9. The monoisotopic (exact) mass is 552 g/mol. The lowest BCUT2D eigenvalue weighted by Gasteiger charge is -2.61. The molecule has 2 N–H and O–H groups in total. The summed E-state index contributed by atoms with van der Waals surface area (Å²) in [5.74, 6) is -9.05. The number of halogens is 4. The summed E-state index contributed by atoms with van der Waals surface area (Å²) >= 11 is 0. The van der Waals surface area contributed by atoms with Crippen LogP contribution in [0.3, 0.4) is 0 Å². The topological polar surface area (TPSA) is 83.8 Å². The molecular weight excluding hydrogens is 516 g/mol. The van der Waals surface area contributed by atoms with Crippen molar-refractivity contribution in [3.63, 3.8) is 0 Å². The maximum absolute atomic E-state index is 13.9. The van der Waals surface area contributed by atoms with Gasteiger partial charge in [0.1, 0.15) is 0 Å². The van der Waals surface area contributed by atoms with E-state index in [9.17, 15) is 37.4 Å². The number of aliphatic hydroxyl groups excluding tert-OH is 2. The Bertz CT molecular complexity index is 1190. The maximum Gasteiger partial charge on any atom is 0.311 e. The molecule has 9 heteroatoms. The number of carbonyl (C=O) groups excluding carboxylic acids is 2. The zero-order valence-corrected chi connectivity index (χ0v) is 22.5. The molecule has 5 nitrogen and oxygen atoms in total. The van der Waals surface area contributed by atoms with Crippen molar-refractivity contribution in [2.24, 2.45) is 40.4 Å². The quantitative estimate of drug-likeness (QED) is 0.213. The Balaban J connectivity index is 1.30. The lowest BCUT2D eigenvalue weighted by atomic mass is 9.45. The van der Waals surface area contributed by atoms with Crippen LogP contribution < -0.4 is 4.74 Å². The Morgan fingerprint density at radius 3 is 2.44 bits per heavy atom. The molecule has 0 amide bonds. The molecule has 4 aliphatic rings. The fourth-order valence-electron chi connectivity index (χ4n) is 8.81. The molecule has 0 aromatic heterocycles. The van der Waals surface area contributed by atoms with Crippen LogP contribution in [0.15, 0.2) is 17.7 Å². The Morgan fingerprint density at radius 2 is 1.77 bits per heavy atom. The minimum atomic E-state index is -1.76. The van der Waals surface area contributed by atoms with Crippen molar-refractivity contribution < 1.29 is 42.1 Å². The second kappa shape index (κ2) is 9.98. The zero-order valence-electron chi connectivity index (χ0n) is 22.5. The van der Waals surface area contributed by atoms with Crippen molar-refractivity contribution in [1.29, 1.82) is 0 Å². The summed E-state index contributed by atoms with van der Waals surface area (Å²) in [6.45, 7) is 6.19. The lowest BCUT2D eigenvalue weighted by Crippen LogP contribution is -2.60. The first kappa shape index (κ1) is 28.3. The highest BCUT2D eigenvalue weighted by molar-refractivity contribution is 5.91. The van der Waals surface area contributed by atoms with Gasteiger partial charge < -0.3 is 14.9 Å². The first-order valence-corrected chi connectivity index (χ1v) is 13.9. The van der Waals surface area contributed by atoms with Crippen molar-refractivity contribution in [3.05, 3.63) is 41.0 Å². The Kier molecular flexibility index (Phi) is 7.24. The van der Waals surface area contributed by atoms with Gasteiger partial charge in [-0.3, -0.25) is 9.59 Å². The first-order valence-electron chi connectivity index (χ1n) is 13.9. The second-order valence-electron chi connectivity index (χ2n) is 12.7. The summed E-state index contributed by atoms with van der Waals surface area (Å²) in [5.41, 5.74) is 0.266. The molecule has 0 spiro atoms. The van der Waals surface area contributed by atoms with Crippen LogP contribution in [0.25, 0.3) is 0 Å². The van der Waals surface area contributed by atoms with Crippen molar-refractivity contribution >= 4 is 11.8 Å². The van der Waals surface area contributed by atoms with Gasteiger partial charge in [-0.2, -0.15) is 8.78 Å². The smallest absolute Gasteiger partial charge is 0.311 e. The Labute approximate surface area is 225 Å². The van der Waals surface area contributed by atoms with E-state index in [4.69, 9.17) is 0 Å². The van der Waals surface area contributed by atoms with Crippen LogP contribution >= 0.6 is 0 Å². The number of esters is 1. The number of fused-ring (bicyclic) bond motifs is 5. The van der Waals surface area contributed by atoms with Gasteiger partial charge in [-0.15, -0.1) is 0 Å². The largest absolute Gasteiger partial charge is 0.420 e. The van der Waals surface area contributed by atoms with E-state index in [-0.39, 0.29) is 53.3 Å². The van der Waals surface area contributed by atoms with Crippen LogP contribution in [-0.2, 0) is 9.59 Å². The molecule has 1 aromatic carbocycles. The van der Waals surface area contributed by atoms with Gasteiger partial charge in [-0.25, -0.2) is 8.78 Å². The summed E-state index contributed by atoms with van der Waals surface area (Å²) in [4.78, 5) is 24.5. The van der Waals surface area contributed by atoms with Crippen LogP contribution in [0.4, 0.5) is 17.6 Å². The molecule has 5 unspecified atom stereocenters. The number of aliphatic hydroxyl groups is 2. The van der Waals surface area contributed by atoms with E-state index in [0.717, 1.165) is 24.8 Å². The van der Waals surface area contributed by atoms with E-state index in [2.05, 4.69) is 18.6 Å². The molecule has 0 radical (unpaired) electrons. The Morgan fingerprint density at radius 1 is 1.10 bits per heavy atom. The van der Waals surface area contributed by atoms with Gasteiger partial charge in [-0.1, -0.05) is 26.3 Å². The van der Waals surface area contributed by atoms with E-state index in [1.165, 1.54) is 0 Å². The highest BCUT2D eigenvalue weighted by Gasteiger charge is 2.64. The predicted octanol–water partition coefficient (Wildman–Crippen LogP) is 5.65. The van der Waals surface area contributed by atoms with Crippen LogP contribution in [0.1, 0.15) is 72.1 Å². The summed E-state index contributed by atoms with van der Waals surface area (Å²) in [7, 11) is 0. The summed E-state index contributed by atoms with van der Waals surface area (Å²) in [6, 6.07) is 0.0514. The van der Waals surface area contributed by atoms with Crippen molar-refractivity contribution in [2.45, 2.75) is 84.3 Å². The third kappa shape index (κ3) is 4.44. The fraction of sp³-hybridized carbons (Fsp3) is 0.667. The first-order chi connectivity index (χ1) is 18.3. The molecule has 0 heterocycles. The Hall–Kier alpha value is -2.26. The molecule has 4 aliphatic carbocycles. The lowest BCUT2D eigenvalue weighted by molar-refractivity contribution is -0.168. The highest BCUT2D eigenvalue weighted by atomic mass is 19.2. The molecular formula is C30H36F4O5. The van der Waals surface area contributed by atoms with Crippen LogP contribution in [0.5, 0.6) is 5.75 Å². The average Bonchev–Trinajstić information content (AvgIpc) is 3.24. The molecule has 214 valence electrons. The number of ketones is 1. The van der Waals surface area contributed by atoms with Crippen molar-refractivity contribution in [1.82, 2.24) is 0 Å². The molecule has 3 saturated carbocycles. The molecule has 39 heavy (non-hydrogen) atoms. The van der Waals surface area contributed by atoms with Gasteiger partial charge in [0.15, 0.2) is 17.4 Å². The number of rotatable bonds is 5. The predicted molar refractivity (Wildman–Crippen MR) is 133 cm³/mol. The van der Waals surface area contributed by atoms with Gasteiger partial charge >= 0.3 is 5.97 Å². The van der Waals surface area contributed by atoms with E-state index in [1.807, 2.05) is 6.92 Å². The minimum Gasteiger partial charge on any atom is -0.420 e. The van der Waals surface area contributed by atoms with E-state index < -0.39 is 52.6 Å². The fourth-order valence-corrected chi connectivity index (χ4v) is 8.81. The van der Waals surface area contributed by atoms with E-state index >= 15 is 0 Å². The molecule has 0 aliphatic heterocycles.